The summed E-state index contributed by atoms with van der Waals surface area (Å²) in [6.45, 7) is 0. The summed E-state index contributed by atoms with van der Waals surface area (Å²) in [5.74, 6) is 0.353. The first kappa shape index (κ1) is 13.2. The predicted octanol–water partition coefficient (Wildman–Crippen LogP) is 1.80. The smallest absolute Gasteiger partial charge is 0.410 e. The number of anilines is 1. The number of benzene rings is 1. The Labute approximate surface area is 103 Å². The van der Waals surface area contributed by atoms with Crippen LogP contribution in [0.2, 0.25) is 0 Å². The number of urea groups is 1. The molecule has 3 N–H and O–H groups in total. The van der Waals surface area contributed by atoms with Gasteiger partial charge in [-0.05, 0) is 12.1 Å². The van der Waals surface area contributed by atoms with Gasteiger partial charge in [0, 0.05) is 25.1 Å². The summed E-state index contributed by atoms with van der Waals surface area (Å²) >= 11 is 1.19. The normalized spacial score (nSPS) is 9.29. The summed E-state index contributed by atoms with van der Waals surface area (Å²) in [5, 5.41) is 4.92. The highest BCUT2D eigenvalue weighted by Gasteiger charge is 2.04. The van der Waals surface area contributed by atoms with Gasteiger partial charge in [-0.25, -0.2) is 9.59 Å². The highest BCUT2D eigenvalue weighted by molar-refractivity contribution is 7.97. The molecule has 92 valence electrons. The summed E-state index contributed by atoms with van der Waals surface area (Å²) < 4.78 is 7.43. The van der Waals surface area contributed by atoms with E-state index in [1.807, 2.05) is 0 Å². The van der Waals surface area contributed by atoms with E-state index < -0.39 is 6.09 Å². The van der Waals surface area contributed by atoms with Crippen LogP contribution in [0, 0.1) is 0 Å². The molecule has 17 heavy (non-hydrogen) atoms. The zero-order valence-corrected chi connectivity index (χ0v) is 10.3. The van der Waals surface area contributed by atoms with Gasteiger partial charge in [0.15, 0.2) is 0 Å². The van der Waals surface area contributed by atoms with Crippen molar-refractivity contribution >= 4 is 29.8 Å². The minimum Gasteiger partial charge on any atom is -0.410 e. The molecule has 0 heterocycles. The van der Waals surface area contributed by atoms with Gasteiger partial charge in [0.25, 0.3) is 0 Å². The van der Waals surface area contributed by atoms with E-state index in [2.05, 4.69) is 15.4 Å². The van der Waals surface area contributed by atoms with Crippen LogP contribution >= 0.6 is 11.9 Å². The first-order valence-corrected chi connectivity index (χ1v) is 5.97. The van der Waals surface area contributed by atoms with Crippen LogP contribution in [-0.2, 0) is 0 Å². The topological polar surface area (TPSA) is 79.5 Å². The van der Waals surface area contributed by atoms with Gasteiger partial charge in [-0.1, -0.05) is 18.0 Å². The maximum Gasteiger partial charge on any atom is 0.412 e. The molecule has 1 rings (SSSR count). The maximum atomic E-state index is 11.2. The second kappa shape index (κ2) is 6.64. The number of carbonyl (C=O) groups excluding carboxylic acids is 2. The summed E-state index contributed by atoms with van der Waals surface area (Å²) in [7, 11) is 1.47. The number of nitrogens with one attached hydrogen (secondary N) is 3. The molecule has 0 unspecified atom stereocenters. The van der Waals surface area contributed by atoms with Gasteiger partial charge in [0.2, 0.25) is 0 Å². The predicted molar refractivity (Wildman–Crippen MR) is 67.2 cm³/mol. The van der Waals surface area contributed by atoms with Crippen LogP contribution in [0.3, 0.4) is 0 Å². The van der Waals surface area contributed by atoms with Crippen LogP contribution in [0.25, 0.3) is 0 Å². The van der Waals surface area contributed by atoms with Crippen molar-refractivity contribution in [2.75, 3.05) is 18.6 Å². The summed E-state index contributed by atoms with van der Waals surface area (Å²) in [5.41, 5.74) is 0.540. The van der Waals surface area contributed by atoms with Gasteiger partial charge in [-0.15, -0.1) is 0 Å². The Kier molecular flexibility index (Phi) is 5.15. The standard InChI is InChI=1S/C10H13N3O3S/c1-11-10(15)16-8-5-3-4-7(6-8)12-9(14)13-17-2/h3-6H,1-2H3,(H,11,15)(H2,12,13,14). The molecule has 0 aliphatic heterocycles. The minimum atomic E-state index is -0.560. The highest BCUT2D eigenvalue weighted by Crippen LogP contribution is 2.17. The number of hydrogen-bond donors (Lipinski definition) is 3. The molecule has 0 bridgehead atoms. The molecule has 0 aromatic heterocycles. The average Bonchev–Trinajstić information content (AvgIpc) is 2.29. The molecule has 0 aliphatic carbocycles. The molecular formula is C10H13N3O3S. The molecule has 0 atom stereocenters. The summed E-state index contributed by atoms with van der Waals surface area (Å²) in [6.07, 6.45) is 1.18. The van der Waals surface area contributed by atoms with Crippen molar-refractivity contribution in [3.05, 3.63) is 24.3 Å². The lowest BCUT2D eigenvalue weighted by molar-refractivity contribution is 0.203. The molecule has 7 heteroatoms. The third kappa shape index (κ3) is 4.64. The van der Waals surface area contributed by atoms with Crippen LogP contribution in [0.4, 0.5) is 15.3 Å². The van der Waals surface area contributed by atoms with Crippen molar-refractivity contribution in [1.29, 1.82) is 0 Å². The second-order valence-electron chi connectivity index (χ2n) is 2.93. The third-order valence-electron chi connectivity index (χ3n) is 1.70. The molecule has 0 radical (unpaired) electrons. The van der Waals surface area contributed by atoms with Crippen molar-refractivity contribution in [2.45, 2.75) is 0 Å². The molecule has 0 saturated carbocycles. The van der Waals surface area contributed by atoms with E-state index in [9.17, 15) is 9.59 Å². The molecule has 0 fully saturated rings. The Morgan fingerprint density at radius 1 is 1.35 bits per heavy atom. The Bertz CT molecular complexity index is 412. The monoisotopic (exact) mass is 255 g/mol. The Morgan fingerprint density at radius 3 is 2.76 bits per heavy atom. The van der Waals surface area contributed by atoms with Crippen molar-refractivity contribution in [2.24, 2.45) is 0 Å². The van der Waals surface area contributed by atoms with Crippen molar-refractivity contribution in [3.63, 3.8) is 0 Å². The lowest BCUT2D eigenvalue weighted by Gasteiger charge is -2.07. The number of carbonyl (C=O) groups is 2. The second-order valence-corrected chi connectivity index (χ2v) is 3.54. The molecule has 1 aromatic carbocycles. The molecule has 0 aliphatic rings. The molecule has 0 saturated heterocycles. The average molecular weight is 255 g/mol. The zero-order chi connectivity index (χ0) is 12.7. The first-order chi connectivity index (χ1) is 8.15. The number of ether oxygens (including phenoxy) is 1. The third-order valence-corrected chi connectivity index (χ3v) is 2.09. The summed E-state index contributed by atoms with van der Waals surface area (Å²) in [6, 6.07) is 6.20. The Balaban J connectivity index is 2.65. The van der Waals surface area contributed by atoms with Crippen LogP contribution in [0.5, 0.6) is 5.75 Å². The highest BCUT2D eigenvalue weighted by atomic mass is 32.2. The SMILES string of the molecule is CNC(=O)Oc1cccc(NC(=O)NSC)c1. The van der Waals surface area contributed by atoms with Crippen LogP contribution in [-0.4, -0.2) is 25.4 Å². The van der Waals surface area contributed by atoms with Gasteiger partial charge in [0.1, 0.15) is 5.75 Å². The molecule has 3 amide bonds. The van der Waals surface area contributed by atoms with E-state index in [1.165, 1.54) is 19.0 Å². The maximum absolute atomic E-state index is 11.2. The van der Waals surface area contributed by atoms with Crippen molar-refractivity contribution in [3.8, 4) is 5.75 Å². The fourth-order valence-electron chi connectivity index (χ4n) is 1.04. The van der Waals surface area contributed by atoms with Gasteiger partial charge in [-0.3, -0.25) is 4.72 Å². The fourth-order valence-corrected chi connectivity index (χ4v) is 1.28. The number of rotatable bonds is 3. The minimum absolute atomic E-state index is 0.338. The summed E-state index contributed by atoms with van der Waals surface area (Å²) in [4.78, 5) is 22.2. The van der Waals surface area contributed by atoms with E-state index >= 15 is 0 Å². The lowest BCUT2D eigenvalue weighted by atomic mass is 10.3. The Hall–Kier alpha value is -1.89. The lowest BCUT2D eigenvalue weighted by Crippen LogP contribution is -2.23. The Morgan fingerprint density at radius 2 is 2.12 bits per heavy atom. The van der Waals surface area contributed by atoms with E-state index in [4.69, 9.17) is 4.74 Å². The molecule has 0 spiro atoms. The van der Waals surface area contributed by atoms with E-state index in [0.717, 1.165) is 0 Å². The molecule has 1 aromatic rings. The van der Waals surface area contributed by atoms with E-state index in [0.29, 0.717) is 11.4 Å². The largest absolute Gasteiger partial charge is 0.412 e. The van der Waals surface area contributed by atoms with Crippen molar-refractivity contribution in [1.82, 2.24) is 10.0 Å². The quantitative estimate of drug-likeness (QED) is 0.720. The van der Waals surface area contributed by atoms with Crippen molar-refractivity contribution < 1.29 is 14.3 Å². The first-order valence-electron chi connectivity index (χ1n) is 4.75. The van der Waals surface area contributed by atoms with Crippen LogP contribution < -0.4 is 20.1 Å². The number of amides is 3. The zero-order valence-electron chi connectivity index (χ0n) is 9.44. The van der Waals surface area contributed by atoms with Gasteiger partial charge >= 0.3 is 12.1 Å². The van der Waals surface area contributed by atoms with Crippen LogP contribution in [0.1, 0.15) is 0 Å². The van der Waals surface area contributed by atoms with E-state index in [1.54, 1.807) is 30.5 Å². The van der Waals surface area contributed by atoms with Gasteiger partial charge < -0.3 is 15.4 Å². The van der Waals surface area contributed by atoms with Gasteiger partial charge in [0.05, 0.1) is 0 Å². The van der Waals surface area contributed by atoms with Gasteiger partial charge in [-0.2, -0.15) is 0 Å². The number of hydrogen-bond acceptors (Lipinski definition) is 4. The fraction of sp³-hybridized carbons (Fsp3) is 0.200. The molecule has 6 nitrogen and oxygen atoms in total. The van der Waals surface area contributed by atoms with Crippen LogP contribution in [0.15, 0.2) is 24.3 Å². The molecular weight excluding hydrogens is 242 g/mol. The van der Waals surface area contributed by atoms with E-state index in [-0.39, 0.29) is 6.03 Å².